The van der Waals surface area contributed by atoms with Crippen LogP contribution < -0.4 is 5.32 Å². The SMILES string of the molecule is O=C(COC(=O)C[C@H]1CCS(=O)(=O)C1)Nc1ccc(N=Nc2ccccc2)cc1. The standard InChI is InChI=1S/C20H21N3O5S/c24-19(13-28-20(25)12-15-10-11-29(26,27)14-15)21-16-6-8-18(9-7-16)23-22-17-4-2-1-3-5-17/h1-9,15H,10-14H2,(H,21,24)/t15-/m1/s1. The molecule has 29 heavy (non-hydrogen) atoms. The Balaban J connectivity index is 1.42. The van der Waals surface area contributed by atoms with Crippen molar-refractivity contribution in [2.75, 3.05) is 23.4 Å². The number of anilines is 1. The van der Waals surface area contributed by atoms with Crippen molar-refractivity contribution in [3.05, 3.63) is 54.6 Å². The van der Waals surface area contributed by atoms with Crippen LogP contribution in [0.4, 0.5) is 17.1 Å². The van der Waals surface area contributed by atoms with Gasteiger partial charge in [0.15, 0.2) is 16.4 Å². The second-order valence-corrected chi connectivity index (χ2v) is 8.99. The van der Waals surface area contributed by atoms with Crippen LogP contribution in [0.5, 0.6) is 0 Å². The first kappa shape index (κ1) is 20.7. The molecule has 0 aliphatic carbocycles. The third kappa shape index (κ3) is 6.79. The number of carbonyl (C=O) groups excluding carboxylic acids is 2. The van der Waals surface area contributed by atoms with Gasteiger partial charge in [0.2, 0.25) is 0 Å². The molecule has 1 saturated heterocycles. The zero-order valence-corrected chi connectivity index (χ0v) is 16.5. The molecular formula is C20H21N3O5S. The van der Waals surface area contributed by atoms with Gasteiger partial charge in [-0.15, -0.1) is 0 Å². The van der Waals surface area contributed by atoms with Crippen molar-refractivity contribution < 1.29 is 22.7 Å². The predicted octanol–water partition coefficient (Wildman–Crippen LogP) is 3.41. The fourth-order valence-corrected chi connectivity index (χ4v) is 4.75. The molecular weight excluding hydrogens is 394 g/mol. The van der Waals surface area contributed by atoms with E-state index in [9.17, 15) is 18.0 Å². The average molecular weight is 415 g/mol. The number of azo groups is 1. The Morgan fingerprint density at radius 1 is 1.00 bits per heavy atom. The number of nitrogens with zero attached hydrogens (tertiary/aromatic N) is 2. The van der Waals surface area contributed by atoms with Gasteiger partial charge in [-0.05, 0) is 48.7 Å². The Morgan fingerprint density at radius 2 is 1.66 bits per heavy atom. The molecule has 152 valence electrons. The summed E-state index contributed by atoms with van der Waals surface area (Å²) >= 11 is 0. The zero-order chi connectivity index (χ0) is 20.7. The topological polar surface area (TPSA) is 114 Å². The quantitative estimate of drug-likeness (QED) is 0.550. The van der Waals surface area contributed by atoms with E-state index in [4.69, 9.17) is 4.74 Å². The van der Waals surface area contributed by atoms with E-state index in [0.29, 0.717) is 17.8 Å². The maximum atomic E-state index is 11.9. The molecule has 0 aromatic heterocycles. The number of esters is 1. The Morgan fingerprint density at radius 3 is 2.28 bits per heavy atom. The molecule has 2 aromatic carbocycles. The van der Waals surface area contributed by atoms with Crippen LogP contribution in [0.3, 0.4) is 0 Å². The van der Waals surface area contributed by atoms with Gasteiger partial charge in [-0.25, -0.2) is 8.42 Å². The van der Waals surface area contributed by atoms with Gasteiger partial charge >= 0.3 is 5.97 Å². The van der Waals surface area contributed by atoms with Crippen LogP contribution >= 0.6 is 0 Å². The molecule has 0 spiro atoms. The summed E-state index contributed by atoms with van der Waals surface area (Å²) in [6, 6.07) is 16.1. The van der Waals surface area contributed by atoms with Crippen LogP contribution in [-0.4, -0.2) is 38.4 Å². The van der Waals surface area contributed by atoms with E-state index in [0.717, 1.165) is 5.69 Å². The Bertz CT molecular complexity index is 989. The molecule has 1 N–H and O–H groups in total. The van der Waals surface area contributed by atoms with Crippen LogP contribution in [0.1, 0.15) is 12.8 Å². The highest BCUT2D eigenvalue weighted by Gasteiger charge is 2.29. The van der Waals surface area contributed by atoms with Crippen LogP contribution in [0.15, 0.2) is 64.8 Å². The molecule has 1 aliphatic rings. The summed E-state index contributed by atoms with van der Waals surface area (Å²) in [6.07, 6.45) is 0.464. The van der Waals surface area contributed by atoms with Crippen molar-refractivity contribution in [2.24, 2.45) is 16.1 Å². The first-order valence-electron chi connectivity index (χ1n) is 9.12. The molecule has 1 aliphatic heterocycles. The molecule has 9 heteroatoms. The summed E-state index contributed by atoms with van der Waals surface area (Å²) in [7, 11) is -3.04. The van der Waals surface area contributed by atoms with E-state index in [2.05, 4.69) is 15.5 Å². The van der Waals surface area contributed by atoms with Gasteiger partial charge in [-0.3, -0.25) is 9.59 Å². The lowest BCUT2D eigenvalue weighted by Gasteiger charge is -2.09. The normalized spacial score (nSPS) is 17.9. The number of carbonyl (C=O) groups is 2. The lowest BCUT2D eigenvalue weighted by Crippen LogP contribution is -2.22. The van der Waals surface area contributed by atoms with Gasteiger partial charge in [0, 0.05) is 12.1 Å². The largest absolute Gasteiger partial charge is 0.456 e. The first-order valence-corrected chi connectivity index (χ1v) is 10.9. The van der Waals surface area contributed by atoms with Crippen LogP contribution in [0.2, 0.25) is 0 Å². The predicted molar refractivity (Wildman–Crippen MR) is 108 cm³/mol. The lowest BCUT2D eigenvalue weighted by atomic mass is 10.1. The summed E-state index contributed by atoms with van der Waals surface area (Å²) in [4.78, 5) is 23.7. The van der Waals surface area contributed by atoms with Gasteiger partial charge in [0.25, 0.3) is 5.91 Å². The fourth-order valence-electron chi connectivity index (χ4n) is 2.89. The second kappa shape index (κ2) is 9.42. The highest BCUT2D eigenvalue weighted by Crippen LogP contribution is 2.22. The summed E-state index contributed by atoms with van der Waals surface area (Å²) in [5, 5.41) is 10.8. The number of hydrogen-bond acceptors (Lipinski definition) is 7. The monoisotopic (exact) mass is 415 g/mol. The molecule has 1 heterocycles. The fraction of sp³-hybridized carbons (Fsp3) is 0.300. The van der Waals surface area contributed by atoms with Gasteiger partial charge in [0.1, 0.15) is 0 Å². The minimum absolute atomic E-state index is 0.00224. The molecule has 1 amide bonds. The number of benzene rings is 2. The number of nitrogens with one attached hydrogen (secondary N) is 1. The maximum Gasteiger partial charge on any atom is 0.306 e. The second-order valence-electron chi connectivity index (χ2n) is 6.76. The Hall–Kier alpha value is -3.07. The Kier molecular flexibility index (Phi) is 6.71. The number of hydrogen-bond donors (Lipinski definition) is 1. The number of ether oxygens (including phenoxy) is 1. The van der Waals surface area contributed by atoms with Crippen molar-refractivity contribution in [1.82, 2.24) is 0 Å². The summed E-state index contributed by atoms with van der Waals surface area (Å²) in [6.45, 7) is -0.423. The molecule has 2 aromatic rings. The highest BCUT2D eigenvalue weighted by molar-refractivity contribution is 7.91. The van der Waals surface area contributed by atoms with Gasteiger partial charge in [0.05, 0.1) is 22.9 Å². The van der Waals surface area contributed by atoms with E-state index in [-0.39, 0.29) is 23.8 Å². The van der Waals surface area contributed by atoms with Crippen molar-refractivity contribution in [2.45, 2.75) is 12.8 Å². The maximum absolute atomic E-state index is 11.9. The summed E-state index contributed by atoms with van der Waals surface area (Å²) in [5.41, 5.74) is 1.90. The lowest BCUT2D eigenvalue weighted by molar-refractivity contribution is -0.148. The van der Waals surface area contributed by atoms with Gasteiger partial charge < -0.3 is 10.1 Å². The van der Waals surface area contributed by atoms with E-state index in [1.54, 1.807) is 24.3 Å². The summed E-state index contributed by atoms with van der Waals surface area (Å²) < 4.78 is 27.7. The molecule has 1 fully saturated rings. The van der Waals surface area contributed by atoms with Crippen LogP contribution in [0, 0.1) is 5.92 Å². The minimum Gasteiger partial charge on any atom is -0.456 e. The number of sulfone groups is 1. The van der Waals surface area contributed by atoms with Gasteiger partial charge in [-0.1, -0.05) is 18.2 Å². The van der Waals surface area contributed by atoms with E-state index >= 15 is 0 Å². The summed E-state index contributed by atoms with van der Waals surface area (Å²) in [5.74, 6) is -1.17. The molecule has 0 radical (unpaired) electrons. The van der Waals surface area contributed by atoms with Crippen molar-refractivity contribution >= 4 is 38.8 Å². The number of rotatable bonds is 7. The first-order chi connectivity index (χ1) is 13.9. The molecule has 8 nitrogen and oxygen atoms in total. The van der Waals surface area contributed by atoms with Crippen LogP contribution in [-0.2, 0) is 24.2 Å². The van der Waals surface area contributed by atoms with E-state index in [1.807, 2.05) is 30.3 Å². The smallest absolute Gasteiger partial charge is 0.306 e. The zero-order valence-electron chi connectivity index (χ0n) is 15.7. The highest BCUT2D eigenvalue weighted by atomic mass is 32.2. The van der Waals surface area contributed by atoms with E-state index < -0.39 is 28.3 Å². The van der Waals surface area contributed by atoms with Crippen LogP contribution in [0.25, 0.3) is 0 Å². The third-order valence-corrected chi connectivity index (χ3v) is 6.17. The molecule has 0 unspecified atom stereocenters. The minimum atomic E-state index is -3.04. The van der Waals surface area contributed by atoms with Crippen molar-refractivity contribution in [3.63, 3.8) is 0 Å². The molecule has 1 atom stereocenters. The number of amides is 1. The van der Waals surface area contributed by atoms with E-state index in [1.165, 1.54) is 0 Å². The molecule has 3 rings (SSSR count). The molecule has 0 bridgehead atoms. The Labute approximate surface area is 168 Å². The van der Waals surface area contributed by atoms with Gasteiger partial charge in [-0.2, -0.15) is 10.2 Å². The average Bonchev–Trinajstić information content (AvgIpc) is 3.05. The molecule has 0 saturated carbocycles. The van der Waals surface area contributed by atoms with Crippen molar-refractivity contribution in [3.8, 4) is 0 Å². The third-order valence-electron chi connectivity index (χ3n) is 4.33. The van der Waals surface area contributed by atoms with Crippen molar-refractivity contribution in [1.29, 1.82) is 0 Å².